The molecule has 1 aromatic rings. The highest BCUT2D eigenvalue weighted by Crippen LogP contribution is 2.45. The minimum absolute atomic E-state index is 0.148. The molecule has 0 bridgehead atoms. The number of nitrogens with zero attached hydrogens (tertiary/aromatic N) is 4. The van der Waals surface area contributed by atoms with Crippen LogP contribution in [-0.2, 0) is 22.4 Å². The van der Waals surface area contributed by atoms with Gasteiger partial charge >= 0.3 is 12.1 Å². The minimum atomic E-state index is -2.74. The molecule has 6 N–H and O–H groups in total. The number of urea groups is 1. The van der Waals surface area contributed by atoms with Gasteiger partial charge in [-0.05, 0) is 36.5 Å². The van der Waals surface area contributed by atoms with E-state index < -0.39 is 63.9 Å². The van der Waals surface area contributed by atoms with E-state index in [0.29, 0.717) is 5.56 Å². The van der Waals surface area contributed by atoms with E-state index in [2.05, 4.69) is 32.8 Å². The van der Waals surface area contributed by atoms with Gasteiger partial charge < -0.3 is 40.7 Å². The molecule has 3 fully saturated rings. The quantitative estimate of drug-likeness (QED) is 0.137. The van der Waals surface area contributed by atoms with Gasteiger partial charge in [0.15, 0.2) is 5.66 Å². The molecule has 5 amide bonds. The van der Waals surface area contributed by atoms with E-state index in [4.69, 9.17) is 39.5 Å². The van der Waals surface area contributed by atoms with Gasteiger partial charge in [-0.3, -0.25) is 19.8 Å². The second kappa shape index (κ2) is 11.1. The summed E-state index contributed by atoms with van der Waals surface area (Å²) in [6.07, 6.45) is 1.39. The monoisotopic (exact) mass is 684 g/mol. The number of carbonyl (C=O) groups is 4. The molecule has 18 heteroatoms. The summed E-state index contributed by atoms with van der Waals surface area (Å²) in [6.45, 7) is 2.59. The first-order chi connectivity index (χ1) is 21.1. The number of benzene rings is 1. The third-order valence-corrected chi connectivity index (χ3v) is 9.09. The number of rotatable bonds is 5. The highest BCUT2D eigenvalue weighted by atomic mass is 35.6. The maximum absolute atomic E-state index is 13.6. The second-order valence-corrected chi connectivity index (χ2v) is 14.1. The molecule has 4 heterocycles. The van der Waals surface area contributed by atoms with Crippen molar-refractivity contribution in [3.05, 3.63) is 47.3 Å². The number of nitrogens with one attached hydrogen (secondary N) is 4. The number of aliphatic imine (C=N–C) groups is 1. The van der Waals surface area contributed by atoms with Crippen LogP contribution in [0.1, 0.15) is 27.9 Å². The van der Waals surface area contributed by atoms with Crippen molar-refractivity contribution in [1.29, 1.82) is 0 Å². The average Bonchev–Trinajstić information content (AvgIpc) is 3.69. The zero-order valence-electron chi connectivity index (χ0n) is 24.0. The first kappa shape index (κ1) is 31.5. The number of alkyl carbamates (subject to hydrolysis) is 1. The number of alkyl halides is 3. The molecule has 4 atom stereocenters. The van der Waals surface area contributed by atoms with Crippen molar-refractivity contribution in [2.45, 2.75) is 52.6 Å². The van der Waals surface area contributed by atoms with Crippen LogP contribution in [0.25, 0.3) is 0 Å². The number of ether oxygens (including phenoxy) is 1. The van der Waals surface area contributed by atoms with E-state index in [0.717, 1.165) is 35.3 Å². The van der Waals surface area contributed by atoms with Crippen LogP contribution in [0.5, 0.6) is 0 Å². The van der Waals surface area contributed by atoms with Crippen LogP contribution in [0, 0.1) is 0 Å². The number of hydrogen-bond acceptors (Lipinski definition) is 11. The average molecular weight is 686 g/mol. The number of aliphatic hydroxyl groups is 2. The molecule has 0 radical (unpaired) electrons. The van der Waals surface area contributed by atoms with Crippen molar-refractivity contribution in [2.75, 3.05) is 33.3 Å². The van der Waals surface area contributed by atoms with Gasteiger partial charge in [-0.25, -0.2) is 14.6 Å². The second-order valence-electron chi connectivity index (χ2n) is 11.6. The largest absolute Gasteiger partial charge is 0.445 e. The summed E-state index contributed by atoms with van der Waals surface area (Å²) < 4.78 is 3.11. The van der Waals surface area contributed by atoms with Crippen LogP contribution < -0.4 is 21.3 Å². The molecular weight excluding hydrogens is 655 g/mol. The van der Waals surface area contributed by atoms with Crippen molar-refractivity contribution < 1.29 is 34.1 Å². The third-order valence-electron chi connectivity index (χ3n) is 8.76. The lowest BCUT2D eigenvalue weighted by Crippen LogP contribution is -2.78. The van der Waals surface area contributed by atoms with Gasteiger partial charge in [-0.1, -0.05) is 53.5 Å². The first-order valence-electron chi connectivity index (χ1n) is 14.1. The summed E-state index contributed by atoms with van der Waals surface area (Å²) in [4.78, 5) is 60.1. The molecule has 1 spiro atoms. The lowest BCUT2D eigenvalue weighted by molar-refractivity contribution is -0.231. The number of likely N-dealkylation sites (N-methyl/N-ethyl adjacent to an activating group) is 1. The molecule has 5 aliphatic rings. The number of carbonyl (C=O) groups excluding carboxylic acids is 4. The maximum Gasteiger partial charge on any atom is 0.414 e. The Labute approximate surface area is 272 Å². The SMILES string of the molecule is C=C1N[C@H]2[C@H](CN3C(=O)CN(C)C3=O)N=C(NC(=O)OCC(Cl)(Cl)Cl)N3C[C@H](NC(=O)c4cccc5c4CCC5)C(O)(O)[C@]23N1. The maximum atomic E-state index is 13.6. The Balaban J connectivity index is 1.36. The number of guanidine groups is 1. The van der Waals surface area contributed by atoms with Crippen LogP contribution in [-0.4, -0.2) is 121 Å². The predicted octanol–water partition coefficient (Wildman–Crippen LogP) is -0.272. The van der Waals surface area contributed by atoms with Crippen LogP contribution >= 0.6 is 34.8 Å². The number of fused-ring (bicyclic) bond motifs is 1. The highest BCUT2D eigenvalue weighted by Gasteiger charge is 2.74. The van der Waals surface area contributed by atoms with E-state index in [1.165, 1.54) is 16.8 Å². The van der Waals surface area contributed by atoms with Crippen molar-refractivity contribution in [1.82, 2.24) is 36.0 Å². The molecular formula is C27H31Cl3N8O7. The van der Waals surface area contributed by atoms with Crippen LogP contribution in [0.3, 0.4) is 0 Å². The topological polar surface area (TPSA) is 188 Å². The molecule has 15 nitrogen and oxygen atoms in total. The predicted molar refractivity (Wildman–Crippen MR) is 161 cm³/mol. The van der Waals surface area contributed by atoms with E-state index in [1.807, 2.05) is 6.07 Å². The Morgan fingerprint density at radius 2 is 2.00 bits per heavy atom. The number of amides is 5. The molecule has 242 valence electrons. The Bertz CT molecular complexity index is 1520. The molecule has 1 aliphatic carbocycles. The Kier molecular flexibility index (Phi) is 7.76. The molecule has 0 saturated carbocycles. The molecule has 6 rings (SSSR count). The molecule has 0 aromatic heterocycles. The molecule has 4 aliphatic heterocycles. The number of halogens is 3. The summed E-state index contributed by atoms with van der Waals surface area (Å²) in [7, 11) is 1.47. The van der Waals surface area contributed by atoms with Gasteiger partial charge in [-0.2, -0.15) is 0 Å². The van der Waals surface area contributed by atoms with Crippen LogP contribution in [0.2, 0.25) is 0 Å². The van der Waals surface area contributed by atoms with Gasteiger partial charge in [0.25, 0.3) is 5.91 Å². The standard InChI is InChI=1S/C27H31Cl3N8O7/c1-13-31-20-17(9-37-19(39)11-36(2)24(37)42)32-22(34-23(41)45-12-25(28,29)30)38-10-18(27(43,44)26(20,38)35-13)33-21(40)16-8-4-6-14-5-3-7-15(14)16/h4,6,8,17-18,20,31,35,43-44H,1,3,5,7,9-12H2,2H3,(H,33,40)(H,32,34,41)/t17-,18-,20-,26-/m0/s1. The Hall–Kier alpha value is -3.50. The molecule has 3 saturated heterocycles. The van der Waals surface area contributed by atoms with Gasteiger partial charge in [-0.15, -0.1) is 0 Å². The van der Waals surface area contributed by atoms with Gasteiger partial charge in [0.1, 0.15) is 19.2 Å². The van der Waals surface area contributed by atoms with Crippen LogP contribution in [0.4, 0.5) is 9.59 Å². The lowest BCUT2D eigenvalue weighted by atomic mass is 9.85. The van der Waals surface area contributed by atoms with E-state index in [9.17, 15) is 29.4 Å². The highest BCUT2D eigenvalue weighted by molar-refractivity contribution is 6.67. The first-order valence-corrected chi connectivity index (χ1v) is 15.3. The fourth-order valence-electron chi connectivity index (χ4n) is 6.81. The Morgan fingerprint density at radius 1 is 1.24 bits per heavy atom. The van der Waals surface area contributed by atoms with Crippen molar-refractivity contribution in [3.8, 4) is 0 Å². The van der Waals surface area contributed by atoms with Crippen molar-refractivity contribution in [3.63, 3.8) is 0 Å². The zero-order valence-corrected chi connectivity index (χ0v) is 26.2. The summed E-state index contributed by atoms with van der Waals surface area (Å²) in [5.74, 6) is -3.78. The number of imide groups is 1. The van der Waals surface area contributed by atoms with Gasteiger partial charge in [0.05, 0.1) is 24.4 Å². The van der Waals surface area contributed by atoms with Crippen LogP contribution in [0.15, 0.2) is 35.6 Å². The molecule has 1 aromatic carbocycles. The zero-order chi connectivity index (χ0) is 32.5. The third kappa shape index (κ3) is 5.29. The fraction of sp³-hybridized carbons (Fsp3) is 0.519. The summed E-state index contributed by atoms with van der Waals surface area (Å²) >= 11 is 17.2. The summed E-state index contributed by atoms with van der Waals surface area (Å²) in [5, 5.41) is 35.2. The minimum Gasteiger partial charge on any atom is -0.445 e. The summed E-state index contributed by atoms with van der Waals surface area (Å²) in [5.41, 5.74) is 0.483. The van der Waals surface area contributed by atoms with Crippen molar-refractivity contribution in [2.24, 2.45) is 4.99 Å². The molecule has 45 heavy (non-hydrogen) atoms. The van der Waals surface area contributed by atoms with E-state index >= 15 is 0 Å². The fourth-order valence-corrected chi connectivity index (χ4v) is 6.97. The molecule has 0 unspecified atom stereocenters. The van der Waals surface area contributed by atoms with E-state index in [1.54, 1.807) is 12.1 Å². The van der Waals surface area contributed by atoms with Gasteiger partial charge in [0.2, 0.25) is 21.4 Å². The summed E-state index contributed by atoms with van der Waals surface area (Å²) in [6, 6.07) is 1.43. The lowest BCUT2D eigenvalue weighted by Gasteiger charge is -2.49. The number of hydrogen-bond donors (Lipinski definition) is 6. The van der Waals surface area contributed by atoms with Gasteiger partial charge in [0, 0.05) is 19.2 Å². The normalized spacial score (nSPS) is 28.2. The number of aryl methyl sites for hydroxylation is 1. The Morgan fingerprint density at radius 3 is 2.69 bits per heavy atom. The smallest absolute Gasteiger partial charge is 0.414 e. The van der Waals surface area contributed by atoms with E-state index in [-0.39, 0.29) is 31.4 Å². The van der Waals surface area contributed by atoms with Crippen molar-refractivity contribution >= 4 is 64.7 Å².